The number of rotatable bonds is 5. The lowest BCUT2D eigenvalue weighted by Gasteiger charge is -2.36. The number of nitrogens with zero attached hydrogens (tertiary/aromatic N) is 2. The fraction of sp³-hybridized carbons (Fsp3) is 1.00. The second-order valence-electron chi connectivity index (χ2n) is 4.53. The third-order valence-electron chi connectivity index (χ3n) is 2.88. The van der Waals surface area contributed by atoms with Gasteiger partial charge in [-0.15, -0.1) is 0 Å². The summed E-state index contributed by atoms with van der Waals surface area (Å²) in [5, 5.41) is 1.03. The van der Waals surface area contributed by atoms with E-state index in [1.165, 1.54) is 0 Å². The zero-order valence-electron chi connectivity index (χ0n) is 10.1. The fourth-order valence-electron chi connectivity index (χ4n) is 1.90. The second-order valence-corrected chi connectivity index (χ2v) is 5.33. The van der Waals surface area contributed by atoms with Crippen LogP contribution in [0.4, 0.5) is 0 Å². The lowest BCUT2D eigenvalue weighted by molar-refractivity contribution is -0.0489. The summed E-state index contributed by atoms with van der Waals surface area (Å²) in [5.74, 6) is 0. The molecule has 0 radical (unpaired) electrons. The van der Waals surface area contributed by atoms with Gasteiger partial charge in [-0.3, -0.25) is 4.90 Å². The molecule has 1 unspecified atom stereocenters. The van der Waals surface area contributed by atoms with Crippen molar-refractivity contribution in [2.45, 2.75) is 26.0 Å². The summed E-state index contributed by atoms with van der Waals surface area (Å²) >= 11 is 3.46. The Bertz CT molecular complexity index is 178. The third-order valence-corrected chi connectivity index (χ3v) is 3.24. The van der Waals surface area contributed by atoms with Gasteiger partial charge in [-0.1, -0.05) is 15.9 Å². The van der Waals surface area contributed by atoms with Gasteiger partial charge >= 0.3 is 0 Å². The monoisotopic (exact) mass is 278 g/mol. The van der Waals surface area contributed by atoms with Gasteiger partial charge in [0, 0.05) is 37.6 Å². The summed E-state index contributed by atoms with van der Waals surface area (Å²) in [6.45, 7) is 9.66. The molecule has 3 nitrogen and oxygen atoms in total. The van der Waals surface area contributed by atoms with Crippen LogP contribution in [0.25, 0.3) is 0 Å². The van der Waals surface area contributed by atoms with Crippen LogP contribution in [0.1, 0.15) is 13.8 Å². The van der Waals surface area contributed by atoms with Crippen LogP contribution in [0.5, 0.6) is 0 Å². The van der Waals surface area contributed by atoms with E-state index in [1.807, 2.05) is 0 Å². The second kappa shape index (κ2) is 6.84. The summed E-state index contributed by atoms with van der Waals surface area (Å²) in [6, 6.07) is 0.637. The predicted octanol–water partition coefficient (Wildman–Crippen LogP) is 1.42. The van der Waals surface area contributed by atoms with Gasteiger partial charge < -0.3 is 9.64 Å². The molecule has 1 aliphatic heterocycles. The molecule has 0 bridgehead atoms. The first-order valence-corrected chi connectivity index (χ1v) is 6.85. The zero-order chi connectivity index (χ0) is 11.3. The van der Waals surface area contributed by atoms with Crippen molar-refractivity contribution in [3.63, 3.8) is 0 Å². The van der Waals surface area contributed by atoms with E-state index in [4.69, 9.17) is 4.74 Å². The Morgan fingerprint density at radius 2 is 2.27 bits per heavy atom. The first-order chi connectivity index (χ1) is 7.13. The molecule has 1 aliphatic rings. The quantitative estimate of drug-likeness (QED) is 0.708. The molecule has 1 saturated heterocycles. The van der Waals surface area contributed by atoms with Gasteiger partial charge in [0.25, 0.3) is 0 Å². The van der Waals surface area contributed by atoms with Crippen molar-refractivity contribution >= 4 is 15.9 Å². The third kappa shape index (κ3) is 4.81. The predicted molar refractivity (Wildman–Crippen MR) is 67.7 cm³/mol. The Balaban J connectivity index is 2.29. The summed E-state index contributed by atoms with van der Waals surface area (Å²) in [6.07, 6.45) is 0.380. The standard InChI is InChI=1S/C11H23BrN2O/c1-10(2)14-6-7-15-11(9-14)8-13(3)5-4-12/h10-11H,4-9H2,1-3H3. The van der Waals surface area contributed by atoms with Crippen molar-refractivity contribution in [2.75, 3.05) is 45.2 Å². The molecule has 0 aromatic carbocycles. The van der Waals surface area contributed by atoms with Crippen molar-refractivity contribution in [3.05, 3.63) is 0 Å². The highest BCUT2D eigenvalue weighted by molar-refractivity contribution is 9.09. The minimum atomic E-state index is 0.380. The number of morpholine rings is 1. The van der Waals surface area contributed by atoms with Crippen LogP contribution >= 0.6 is 15.9 Å². The molecular weight excluding hydrogens is 256 g/mol. The fourth-order valence-corrected chi connectivity index (χ4v) is 2.51. The number of alkyl halides is 1. The van der Waals surface area contributed by atoms with Gasteiger partial charge in [0.2, 0.25) is 0 Å². The Morgan fingerprint density at radius 3 is 2.87 bits per heavy atom. The molecule has 1 fully saturated rings. The minimum absolute atomic E-state index is 0.380. The van der Waals surface area contributed by atoms with Crippen LogP contribution in [0.15, 0.2) is 0 Å². The molecule has 0 aliphatic carbocycles. The molecule has 0 aromatic rings. The SMILES string of the molecule is CC(C)N1CCOC(CN(C)CCBr)C1. The first kappa shape index (κ1) is 13.4. The maximum atomic E-state index is 5.78. The van der Waals surface area contributed by atoms with Gasteiger partial charge in [-0.25, -0.2) is 0 Å². The summed E-state index contributed by atoms with van der Waals surface area (Å²) in [7, 11) is 2.15. The highest BCUT2D eigenvalue weighted by Gasteiger charge is 2.22. The van der Waals surface area contributed by atoms with E-state index in [1.54, 1.807) is 0 Å². The number of ether oxygens (including phenoxy) is 1. The van der Waals surface area contributed by atoms with Gasteiger partial charge in [-0.2, -0.15) is 0 Å². The highest BCUT2D eigenvalue weighted by Crippen LogP contribution is 2.09. The van der Waals surface area contributed by atoms with Crippen LogP contribution in [-0.2, 0) is 4.74 Å². The lowest BCUT2D eigenvalue weighted by atomic mass is 10.2. The molecule has 4 heteroatoms. The van der Waals surface area contributed by atoms with E-state index in [2.05, 4.69) is 46.6 Å². The van der Waals surface area contributed by atoms with Crippen LogP contribution in [0.3, 0.4) is 0 Å². The maximum absolute atomic E-state index is 5.78. The smallest absolute Gasteiger partial charge is 0.0829 e. The molecule has 0 spiro atoms. The molecule has 0 aromatic heterocycles. The van der Waals surface area contributed by atoms with Crippen molar-refractivity contribution in [3.8, 4) is 0 Å². The topological polar surface area (TPSA) is 15.7 Å². The van der Waals surface area contributed by atoms with Crippen LogP contribution in [-0.4, -0.2) is 67.1 Å². The van der Waals surface area contributed by atoms with Gasteiger partial charge in [0.15, 0.2) is 0 Å². The highest BCUT2D eigenvalue weighted by atomic mass is 79.9. The molecule has 0 amide bonds. The van der Waals surface area contributed by atoms with E-state index < -0.39 is 0 Å². The maximum Gasteiger partial charge on any atom is 0.0829 e. The Morgan fingerprint density at radius 1 is 1.53 bits per heavy atom. The van der Waals surface area contributed by atoms with E-state index in [0.29, 0.717) is 12.1 Å². The first-order valence-electron chi connectivity index (χ1n) is 5.73. The molecule has 15 heavy (non-hydrogen) atoms. The van der Waals surface area contributed by atoms with Crippen LogP contribution < -0.4 is 0 Å². The molecule has 0 N–H and O–H groups in total. The molecular formula is C11H23BrN2O. The van der Waals surface area contributed by atoms with E-state index in [-0.39, 0.29) is 0 Å². The van der Waals surface area contributed by atoms with Crippen LogP contribution in [0, 0.1) is 0 Å². The number of likely N-dealkylation sites (N-methyl/N-ethyl adjacent to an activating group) is 1. The lowest BCUT2D eigenvalue weighted by Crippen LogP contribution is -2.49. The van der Waals surface area contributed by atoms with Crippen LogP contribution in [0.2, 0.25) is 0 Å². The van der Waals surface area contributed by atoms with Crippen molar-refractivity contribution < 1.29 is 4.74 Å². The largest absolute Gasteiger partial charge is 0.374 e. The van der Waals surface area contributed by atoms with Gasteiger partial charge in [0.1, 0.15) is 0 Å². The van der Waals surface area contributed by atoms with Crippen molar-refractivity contribution in [2.24, 2.45) is 0 Å². The van der Waals surface area contributed by atoms with Gasteiger partial charge in [0.05, 0.1) is 12.7 Å². The van der Waals surface area contributed by atoms with E-state index >= 15 is 0 Å². The number of hydrogen-bond acceptors (Lipinski definition) is 3. The molecule has 1 atom stereocenters. The minimum Gasteiger partial charge on any atom is -0.374 e. The summed E-state index contributed by atoms with van der Waals surface area (Å²) in [5.41, 5.74) is 0. The molecule has 0 saturated carbocycles. The Hall–Kier alpha value is 0.360. The summed E-state index contributed by atoms with van der Waals surface area (Å²) < 4.78 is 5.78. The van der Waals surface area contributed by atoms with Crippen molar-refractivity contribution in [1.82, 2.24) is 9.80 Å². The van der Waals surface area contributed by atoms with Crippen molar-refractivity contribution in [1.29, 1.82) is 0 Å². The summed E-state index contributed by atoms with van der Waals surface area (Å²) in [4.78, 5) is 4.82. The number of hydrogen-bond donors (Lipinski definition) is 0. The van der Waals surface area contributed by atoms with E-state index in [9.17, 15) is 0 Å². The molecule has 1 heterocycles. The van der Waals surface area contributed by atoms with E-state index in [0.717, 1.165) is 38.1 Å². The average molecular weight is 279 g/mol. The normalized spacial score (nSPS) is 24.0. The zero-order valence-corrected chi connectivity index (χ0v) is 11.7. The number of halogens is 1. The Kier molecular flexibility index (Phi) is 6.12. The Labute approximate surface area is 102 Å². The average Bonchev–Trinajstić information content (AvgIpc) is 2.18. The molecule has 90 valence electrons. The molecule has 1 rings (SSSR count). The van der Waals surface area contributed by atoms with Gasteiger partial charge in [-0.05, 0) is 20.9 Å².